The van der Waals surface area contributed by atoms with Crippen LogP contribution in [0.3, 0.4) is 0 Å². The topological polar surface area (TPSA) is 86.3 Å². The van der Waals surface area contributed by atoms with Gasteiger partial charge in [-0.2, -0.15) is 13.2 Å². The summed E-state index contributed by atoms with van der Waals surface area (Å²) in [6.07, 6.45) is -3.52. The molecule has 1 aliphatic heterocycles. The molecule has 27 heavy (non-hydrogen) atoms. The molecule has 2 heterocycles. The molecule has 2 aromatic rings. The number of carbonyl (C=O) groups is 1. The SMILES string of the molecule is COc1ccc(CC2(C(N)=O)CC(C(F)(F)F)CN2c2ncn(C)n2)cc1. The van der Waals surface area contributed by atoms with Crippen molar-refractivity contribution in [3.05, 3.63) is 36.2 Å². The van der Waals surface area contributed by atoms with Gasteiger partial charge in [-0.15, -0.1) is 5.10 Å². The summed E-state index contributed by atoms with van der Waals surface area (Å²) < 4.78 is 46.8. The Hall–Kier alpha value is -2.78. The van der Waals surface area contributed by atoms with Crippen molar-refractivity contribution in [1.29, 1.82) is 0 Å². The number of ether oxygens (including phenoxy) is 1. The lowest BCUT2D eigenvalue weighted by Gasteiger charge is -2.35. The number of rotatable bonds is 5. The van der Waals surface area contributed by atoms with Crippen LogP contribution >= 0.6 is 0 Å². The van der Waals surface area contributed by atoms with Crippen LogP contribution in [0.15, 0.2) is 30.6 Å². The first-order valence-corrected chi connectivity index (χ1v) is 8.28. The Morgan fingerprint density at radius 3 is 2.52 bits per heavy atom. The molecule has 0 saturated carbocycles. The molecule has 10 heteroatoms. The molecule has 146 valence electrons. The van der Waals surface area contributed by atoms with Gasteiger partial charge in [-0.25, -0.2) is 4.98 Å². The minimum atomic E-state index is -4.45. The van der Waals surface area contributed by atoms with Crippen LogP contribution in [0.2, 0.25) is 0 Å². The number of aryl methyl sites for hydroxylation is 1. The Morgan fingerprint density at radius 2 is 2.04 bits per heavy atom. The van der Waals surface area contributed by atoms with Gasteiger partial charge in [0.2, 0.25) is 11.9 Å². The fraction of sp³-hybridized carbons (Fsp3) is 0.471. The number of methoxy groups -OCH3 is 1. The second-order valence-electron chi connectivity index (χ2n) is 6.69. The van der Waals surface area contributed by atoms with Crippen LogP contribution in [0, 0.1) is 5.92 Å². The van der Waals surface area contributed by atoms with Gasteiger partial charge in [0.05, 0.1) is 13.0 Å². The Kier molecular flexibility index (Phi) is 4.75. The lowest BCUT2D eigenvalue weighted by atomic mass is 9.85. The maximum atomic E-state index is 13.5. The highest BCUT2D eigenvalue weighted by Gasteiger charge is 2.58. The molecule has 0 spiro atoms. The average Bonchev–Trinajstić information content (AvgIpc) is 3.19. The highest BCUT2D eigenvalue weighted by atomic mass is 19.4. The first kappa shape index (κ1) is 19.0. The van der Waals surface area contributed by atoms with Crippen molar-refractivity contribution < 1.29 is 22.7 Å². The summed E-state index contributed by atoms with van der Waals surface area (Å²) in [6.45, 7) is -0.424. The Balaban J connectivity index is 2.02. The molecule has 2 unspecified atom stereocenters. The Bertz CT molecular complexity index is 821. The zero-order chi connectivity index (χ0) is 19.8. The fourth-order valence-electron chi connectivity index (χ4n) is 3.49. The van der Waals surface area contributed by atoms with Gasteiger partial charge in [0.25, 0.3) is 0 Å². The van der Waals surface area contributed by atoms with Crippen molar-refractivity contribution in [2.75, 3.05) is 18.6 Å². The van der Waals surface area contributed by atoms with E-state index >= 15 is 0 Å². The summed E-state index contributed by atoms with van der Waals surface area (Å²) in [7, 11) is 3.11. The lowest BCUT2D eigenvalue weighted by Crippen LogP contribution is -2.56. The average molecular weight is 383 g/mol. The molecule has 1 aromatic heterocycles. The molecule has 2 atom stereocenters. The minimum absolute atomic E-state index is 0.0111. The summed E-state index contributed by atoms with van der Waals surface area (Å²) in [4.78, 5) is 17.8. The van der Waals surface area contributed by atoms with Gasteiger partial charge in [0, 0.05) is 20.0 Å². The van der Waals surface area contributed by atoms with Crippen LogP contribution < -0.4 is 15.4 Å². The summed E-state index contributed by atoms with van der Waals surface area (Å²) in [5.74, 6) is -1.88. The molecular weight excluding hydrogens is 363 g/mol. The monoisotopic (exact) mass is 383 g/mol. The third-order valence-corrected chi connectivity index (χ3v) is 4.91. The van der Waals surface area contributed by atoms with Crippen molar-refractivity contribution in [1.82, 2.24) is 14.8 Å². The second-order valence-corrected chi connectivity index (χ2v) is 6.69. The van der Waals surface area contributed by atoms with Crippen LogP contribution in [0.5, 0.6) is 5.75 Å². The van der Waals surface area contributed by atoms with E-state index in [2.05, 4.69) is 10.1 Å². The molecule has 2 N–H and O–H groups in total. The van der Waals surface area contributed by atoms with Crippen LogP contribution in [0.1, 0.15) is 12.0 Å². The summed E-state index contributed by atoms with van der Waals surface area (Å²) in [5, 5.41) is 4.09. The molecule has 1 aromatic carbocycles. The number of benzene rings is 1. The van der Waals surface area contributed by atoms with Crippen LogP contribution in [0.25, 0.3) is 0 Å². The number of hydrogen-bond donors (Lipinski definition) is 1. The maximum Gasteiger partial charge on any atom is 0.393 e. The third-order valence-electron chi connectivity index (χ3n) is 4.91. The van der Waals surface area contributed by atoms with Gasteiger partial charge in [0.15, 0.2) is 0 Å². The van der Waals surface area contributed by atoms with E-state index in [1.807, 2.05) is 0 Å². The molecule has 1 saturated heterocycles. The van der Waals surface area contributed by atoms with Crippen molar-refractivity contribution in [3.8, 4) is 5.75 Å². The van der Waals surface area contributed by atoms with Crippen LogP contribution in [0.4, 0.5) is 19.1 Å². The van der Waals surface area contributed by atoms with Gasteiger partial charge >= 0.3 is 6.18 Å². The van der Waals surface area contributed by atoms with Crippen LogP contribution in [-0.4, -0.2) is 46.0 Å². The molecule has 0 radical (unpaired) electrons. The molecule has 7 nitrogen and oxygen atoms in total. The van der Waals surface area contributed by atoms with Gasteiger partial charge in [-0.1, -0.05) is 12.1 Å². The molecule has 0 bridgehead atoms. The highest BCUT2D eigenvalue weighted by molar-refractivity contribution is 5.89. The first-order valence-electron chi connectivity index (χ1n) is 8.28. The predicted molar refractivity (Wildman–Crippen MR) is 91.1 cm³/mol. The largest absolute Gasteiger partial charge is 0.497 e. The van der Waals surface area contributed by atoms with E-state index in [9.17, 15) is 18.0 Å². The normalized spacial score (nSPS) is 22.9. The van der Waals surface area contributed by atoms with E-state index in [1.165, 1.54) is 23.0 Å². The number of halogens is 3. The molecule has 0 aliphatic carbocycles. The molecular formula is C17H20F3N5O2. The molecule has 3 rings (SSSR count). The molecule has 1 fully saturated rings. The van der Waals surface area contributed by atoms with E-state index in [0.717, 1.165) is 0 Å². The smallest absolute Gasteiger partial charge is 0.393 e. The van der Waals surface area contributed by atoms with Gasteiger partial charge in [-0.3, -0.25) is 9.48 Å². The number of hydrogen-bond acceptors (Lipinski definition) is 5. The molecule has 1 aliphatic rings. The summed E-state index contributed by atoms with van der Waals surface area (Å²) >= 11 is 0. The van der Waals surface area contributed by atoms with Crippen molar-refractivity contribution >= 4 is 11.9 Å². The zero-order valence-electron chi connectivity index (χ0n) is 14.9. The van der Waals surface area contributed by atoms with Crippen molar-refractivity contribution in [3.63, 3.8) is 0 Å². The quantitative estimate of drug-likeness (QED) is 0.849. The van der Waals surface area contributed by atoms with E-state index in [-0.39, 0.29) is 12.4 Å². The Morgan fingerprint density at radius 1 is 1.37 bits per heavy atom. The number of anilines is 1. The van der Waals surface area contributed by atoms with E-state index < -0.39 is 36.5 Å². The third kappa shape index (κ3) is 3.56. The number of aromatic nitrogens is 3. The minimum Gasteiger partial charge on any atom is -0.497 e. The van der Waals surface area contributed by atoms with E-state index in [1.54, 1.807) is 31.3 Å². The number of amides is 1. The number of carbonyl (C=O) groups excluding carboxylic acids is 1. The van der Waals surface area contributed by atoms with Gasteiger partial charge in [-0.05, 0) is 24.1 Å². The highest BCUT2D eigenvalue weighted by Crippen LogP contribution is 2.44. The van der Waals surface area contributed by atoms with Crippen molar-refractivity contribution in [2.45, 2.75) is 24.6 Å². The number of primary amides is 1. The summed E-state index contributed by atoms with van der Waals surface area (Å²) in [6, 6.07) is 6.77. The van der Waals surface area contributed by atoms with Crippen molar-refractivity contribution in [2.24, 2.45) is 18.7 Å². The zero-order valence-corrected chi connectivity index (χ0v) is 14.9. The van der Waals surface area contributed by atoms with Crippen LogP contribution in [-0.2, 0) is 18.3 Å². The summed E-state index contributed by atoms with van der Waals surface area (Å²) in [5.41, 5.74) is 4.73. The first-order chi connectivity index (χ1) is 12.7. The van der Waals surface area contributed by atoms with E-state index in [4.69, 9.17) is 10.5 Å². The fourth-order valence-corrected chi connectivity index (χ4v) is 3.49. The van der Waals surface area contributed by atoms with Gasteiger partial charge in [0.1, 0.15) is 17.6 Å². The predicted octanol–water partition coefficient (Wildman–Crippen LogP) is 1.68. The Labute approximate surface area is 153 Å². The maximum absolute atomic E-state index is 13.5. The lowest BCUT2D eigenvalue weighted by molar-refractivity contribution is -0.170. The molecule has 1 amide bonds. The standard InChI is InChI=1S/C17H20F3N5O2/c1-24-10-22-15(23-24)25-9-12(17(18,19)20)8-16(25,14(21)26)7-11-3-5-13(27-2)6-4-11/h3-6,10,12H,7-9H2,1-2H3,(H2,21,26). The number of nitrogens with zero attached hydrogens (tertiary/aromatic N) is 4. The number of nitrogens with two attached hydrogens (primary N) is 1. The second kappa shape index (κ2) is 6.75. The van der Waals surface area contributed by atoms with Gasteiger partial charge < -0.3 is 15.4 Å². The number of alkyl halides is 3. The van der Waals surface area contributed by atoms with E-state index in [0.29, 0.717) is 11.3 Å².